The number of aliphatic imine (C=N–C) groups is 1. The summed E-state index contributed by atoms with van der Waals surface area (Å²) >= 11 is 0. The van der Waals surface area contributed by atoms with E-state index >= 15 is 0 Å². The second kappa shape index (κ2) is 8.03. The number of dihydropyridines is 1. The van der Waals surface area contributed by atoms with Crippen LogP contribution in [0.15, 0.2) is 52.8 Å². The van der Waals surface area contributed by atoms with Crippen LogP contribution in [-0.2, 0) is 4.79 Å². The molecular weight excluding hydrogens is 431 g/mol. The van der Waals surface area contributed by atoms with E-state index in [4.69, 9.17) is 0 Å². The van der Waals surface area contributed by atoms with Gasteiger partial charge in [-0.05, 0) is 55.4 Å². The number of carbonyl (C=O) groups is 1. The Bertz CT molecular complexity index is 1260. The van der Waals surface area contributed by atoms with E-state index in [0.717, 1.165) is 24.4 Å². The van der Waals surface area contributed by atoms with Crippen LogP contribution in [-0.4, -0.2) is 42.7 Å². The SMILES string of the molecule is N#Cc1cccc(F)c1C1N=C2CNCC2=C(Nc2ccc(N3CCC4(CC3)CC4)cn2)C1=O. The lowest BCUT2D eigenvalue weighted by molar-refractivity contribution is -0.116. The second-order valence-electron chi connectivity index (χ2n) is 9.63. The number of fused-ring (bicyclic) bond motifs is 1. The van der Waals surface area contributed by atoms with Crippen molar-refractivity contribution in [2.24, 2.45) is 10.4 Å². The number of hydrogen-bond acceptors (Lipinski definition) is 7. The van der Waals surface area contributed by atoms with Gasteiger partial charge in [0.15, 0.2) is 0 Å². The summed E-state index contributed by atoms with van der Waals surface area (Å²) in [5, 5.41) is 15.9. The van der Waals surface area contributed by atoms with Gasteiger partial charge in [-0.3, -0.25) is 9.79 Å². The Kier molecular flexibility index (Phi) is 4.96. The monoisotopic (exact) mass is 456 g/mol. The highest BCUT2D eigenvalue weighted by Crippen LogP contribution is 2.53. The molecule has 34 heavy (non-hydrogen) atoms. The minimum Gasteiger partial charge on any atom is -0.370 e. The van der Waals surface area contributed by atoms with Crippen molar-refractivity contribution in [1.82, 2.24) is 10.3 Å². The summed E-state index contributed by atoms with van der Waals surface area (Å²) in [5.41, 5.74) is 3.69. The number of nitrogens with one attached hydrogen (secondary N) is 2. The van der Waals surface area contributed by atoms with Crippen LogP contribution in [0.3, 0.4) is 0 Å². The molecule has 1 spiro atoms. The van der Waals surface area contributed by atoms with Gasteiger partial charge < -0.3 is 15.5 Å². The average molecular weight is 457 g/mol. The summed E-state index contributed by atoms with van der Waals surface area (Å²) in [6, 6.07) is 9.04. The Morgan fingerprint density at radius 3 is 2.68 bits per heavy atom. The second-order valence-corrected chi connectivity index (χ2v) is 9.63. The lowest BCUT2D eigenvalue weighted by atomic mass is 9.91. The van der Waals surface area contributed by atoms with Crippen molar-refractivity contribution in [2.75, 3.05) is 36.4 Å². The standard InChI is InChI=1S/C26H25FN6O/c27-19-3-1-2-16(12-28)22(19)24-25(34)23(18-14-29-15-20(18)31-24)32-21-5-4-17(13-30-21)33-10-8-26(6-7-26)9-11-33/h1-5,13,24,29H,6-11,14-15H2,(H,30,32). The van der Waals surface area contributed by atoms with Gasteiger partial charge >= 0.3 is 0 Å². The Hall–Kier alpha value is -3.57. The molecule has 172 valence electrons. The fourth-order valence-corrected chi connectivity index (χ4v) is 5.31. The number of Topliss-reactive ketones (excluding diaryl/α,β-unsaturated/α-hetero) is 1. The maximum Gasteiger partial charge on any atom is 0.208 e. The van der Waals surface area contributed by atoms with Gasteiger partial charge in [0.05, 0.1) is 34.9 Å². The minimum absolute atomic E-state index is 0.0228. The number of ketones is 1. The quantitative estimate of drug-likeness (QED) is 0.732. The zero-order valence-corrected chi connectivity index (χ0v) is 18.8. The molecule has 1 aliphatic carbocycles. The Labute approximate surface area is 197 Å². The molecule has 0 amide bonds. The van der Waals surface area contributed by atoms with Crippen LogP contribution < -0.4 is 15.5 Å². The highest BCUT2D eigenvalue weighted by atomic mass is 19.1. The highest BCUT2D eigenvalue weighted by Gasteiger charge is 2.44. The van der Waals surface area contributed by atoms with Crippen molar-refractivity contribution >= 4 is 23.0 Å². The smallest absolute Gasteiger partial charge is 0.208 e. The van der Waals surface area contributed by atoms with Gasteiger partial charge in [-0.2, -0.15) is 5.26 Å². The van der Waals surface area contributed by atoms with E-state index in [9.17, 15) is 14.4 Å². The summed E-state index contributed by atoms with van der Waals surface area (Å²) in [5.74, 6) is -0.413. The molecule has 3 fully saturated rings. The van der Waals surface area contributed by atoms with E-state index in [1.165, 1.54) is 43.9 Å². The van der Waals surface area contributed by atoms with Crippen molar-refractivity contribution in [2.45, 2.75) is 31.7 Å². The largest absolute Gasteiger partial charge is 0.370 e. The molecule has 3 aliphatic heterocycles. The number of anilines is 2. The lowest BCUT2D eigenvalue weighted by Crippen LogP contribution is -2.34. The third-order valence-corrected chi connectivity index (χ3v) is 7.62. The summed E-state index contributed by atoms with van der Waals surface area (Å²) < 4.78 is 14.7. The van der Waals surface area contributed by atoms with Crippen molar-refractivity contribution in [3.63, 3.8) is 0 Å². The predicted molar refractivity (Wildman–Crippen MR) is 127 cm³/mol. The van der Waals surface area contributed by atoms with Crippen molar-refractivity contribution in [3.8, 4) is 6.07 Å². The fraction of sp³-hybridized carbons (Fsp3) is 0.385. The van der Waals surface area contributed by atoms with Gasteiger partial charge in [-0.15, -0.1) is 0 Å². The molecule has 1 unspecified atom stereocenters. The summed E-state index contributed by atoms with van der Waals surface area (Å²) in [6.07, 6.45) is 7.08. The number of rotatable bonds is 4. The number of halogens is 1. The molecule has 2 aromatic rings. The first-order valence-electron chi connectivity index (χ1n) is 11.8. The number of nitrogens with zero attached hydrogens (tertiary/aromatic N) is 4. The number of aromatic nitrogens is 1. The first-order valence-corrected chi connectivity index (χ1v) is 11.8. The van der Waals surface area contributed by atoms with Crippen LogP contribution in [0, 0.1) is 22.6 Å². The number of nitriles is 1. The Morgan fingerprint density at radius 1 is 1.15 bits per heavy atom. The summed E-state index contributed by atoms with van der Waals surface area (Å²) in [6.45, 7) is 3.09. The Morgan fingerprint density at radius 2 is 1.97 bits per heavy atom. The van der Waals surface area contributed by atoms with E-state index in [1.54, 1.807) is 0 Å². The number of carbonyl (C=O) groups excluding carboxylic acids is 1. The van der Waals surface area contributed by atoms with Gasteiger partial charge in [0.1, 0.15) is 17.7 Å². The van der Waals surface area contributed by atoms with Gasteiger partial charge in [-0.1, -0.05) is 6.07 Å². The van der Waals surface area contributed by atoms with E-state index < -0.39 is 11.9 Å². The van der Waals surface area contributed by atoms with Crippen LogP contribution in [0.1, 0.15) is 42.9 Å². The molecule has 4 aliphatic rings. The topological polar surface area (TPSA) is 93.4 Å². The van der Waals surface area contributed by atoms with Crippen molar-refractivity contribution in [3.05, 3.63) is 64.7 Å². The Balaban J connectivity index is 1.26. The normalized spacial score (nSPS) is 22.9. The van der Waals surface area contributed by atoms with Gasteiger partial charge in [0.2, 0.25) is 5.78 Å². The van der Waals surface area contributed by atoms with Crippen molar-refractivity contribution < 1.29 is 9.18 Å². The summed E-state index contributed by atoms with van der Waals surface area (Å²) in [4.78, 5) is 25.0. The van der Waals surface area contributed by atoms with Crippen LogP contribution in [0.25, 0.3) is 0 Å². The molecule has 0 radical (unpaired) electrons. The summed E-state index contributed by atoms with van der Waals surface area (Å²) in [7, 11) is 0. The maximum absolute atomic E-state index is 14.7. The molecule has 0 bridgehead atoms. The molecule has 7 nitrogen and oxygen atoms in total. The number of benzene rings is 1. The average Bonchev–Trinajstić information content (AvgIpc) is 3.44. The molecule has 8 heteroatoms. The van der Waals surface area contributed by atoms with Crippen LogP contribution in [0.4, 0.5) is 15.9 Å². The van der Waals surface area contributed by atoms with E-state index in [2.05, 4.69) is 25.5 Å². The number of pyridine rings is 1. The molecule has 1 saturated carbocycles. The van der Waals surface area contributed by atoms with Gasteiger partial charge in [-0.25, -0.2) is 9.37 Å². The van der Waals surface area contributed by atoms with Crippen LogP contribution in [0.5, 0.6) is 0 Å². The molecule has 1 aromatic heterocycles. The zero-order valence-electron chi connectivity index (χ0n) is 18.8. The van der Waals surface area contributed by atoms with Gasteiger partial charge in [0.25, 0.3) is 0 Å². The number of hydrogen-bond donors (Lipinski definition) is 2. The molecular formula is C26H25FN6O. The first-order chi connectivity index (χ1) is 16.6. The van der Waals surface area contributed by atoms with E-state index in [-0.39, 0.29) is 16.9 Å². The maximum atomic E-state index is 14.7. The first kappa shape index (κ1) is 21.0. The molecule has 6 rings (SSSR count). The molecule has 2 saturated heterocycles. The minimum atomic E-state index is -1.10. The number of piperidine rings is 1. The fourth-order valence-electron chi connectivity index (χ4n) is 5.31. The lowest BCUT2D eigenvalue weighted by Gasteiger charge is -2.33. The molecule has 2 N–H and O–H groups in total. The highest BCUT2D eigenvalue weighted by molar-refractivity contribution is 6.17. The van der Waals surface area contributed by atoms with Gasteiger partial charge in [0, 0.05) is 37.3 Å². The van der Waals surface area contributed by atoms with Crippen LogP contribution >= 0.6 is 0 Å². The van der Waals surface area contributed by atoms with E-state index in [0.29, 0.717) is 35.7 Å². The predicted octanol–water partition coefficient (Wildman–Crippen LogP) is 3.51. The zero-order chi connectivity index (χ0) is 23.3. The third kappa shape index (κ3) is 3.57. The molecule has 4 heterocycles. The van der Waals surface area contributed by atoms with Crippen molar-refractivity contribution in [1.29, 1.82) is 5.26 Å². The van der Waals surface area contributed by atoms with E-state index in [1.807, 2.05) is 24.4 Å². The molecule has 1 atom stereocenters. The third-order valence-electron chi connectivity index (χ3n) is 7.62. The van der Waals surface area contributed by atoms with Crippen LogP contribution in [0.2, 0.25) is 0 Å². The molecule has 1 aromatic carbocycles.